The molecule has 20 heavy (non-hydrogen) atoms. The van der Waals surface area contributed by atoms with Gasteiger partial charge in [0.25, 0.3) is 0 Å². The van der Waals surface area contributed by atoms with E-state index in [4.69, 9.17) is 11.6 Å². The third kappa shape index (κ3) is 2.87. The van der Waals surface area contributed by atoms with Gasteiger partial charge in [-0.3, -0.25) is 0 Å². The Hall–Kier alpha value is -0.600. The van der Waals surface area contributed by atoms with Gasteiger partial charge in [-0.2, -0.15) is 26.3 Å². The van der Waals surface area contributed by atoms with Gasteiger partial charge in [0, 0.05) is 5.56 Å². The number of benzene rings is 1. The van der Waals surface area contributed by atoms with Crippen molar-refractivity contribution in [3.63, 3.8) is 0 Å². The second kappa shape index (κ2) is 4.99. The lowest BCUT2D eigenvalue weighted by molar-refractivity contribution is -0.142. The molecule has 1 aromatic carbocycles. The zero-order valence-corrected chi connectivity index (χ0v) is 11.1. The van der Waals surface area contributed by atoms with Crippen molar-refractivity contribution in [3.8, 4) is 0 Å². The fraction of sp³-hybridized carbons (Fsp3) is 0.364. The molecule has 1 fully saturated rings. The molecule has 2 rings (SSSR count). The van der Waals surface area contributed by atoms with E-state index in [9.17, 15) is 30.9 Å². The first-order valence-corrected chi connectivity index (χ1v) is 6.96. The fourth-order valence-electron chi connectivity index (χ4n) is 1.78. The van der Waals surface area contributed by atoms with Crippen molar-refractivity contribution in [2.75, 3.05) is 5.75 Å². The van der Waals surface area contributed by atoms with Crippen LogP contribution in [0.15, 0.2) is 12.1 Å². The van der Waals surface area contributed by atoms with Crippen LogP contribution in [0.1, 0.15) is 21.9 Å². The molecule has 0 aromatic heterocycles. The molecule has 1 saturated heterocycles. The van der Waals surface area contributed by atoms with Crippen molar-refractivity contribution in [2.24, 2.45) is 0 Å². The van der Waals surface area contributed by atoms with Gasteiger partial charge in [-0.15, -0.1) is 0 Å². The minimum Gasteiger partial charge on any atom is -0.616 e. The summed E-state index contributed by atoms with van der Waals surface area (Å²) in [6.07, 6.45) is -8.63. The van der Waals surface area contributed by atoms with Crippen molar-refractivity contribution in [1.82, 2.24) is 0 Å². The highest BCUT2D eigenvalue weighted by Gasteiger charge is 2.44. The van der Waals surface area contributed by atoms with Crippen LogP contribution in [0.3, 0.4) is 0 Å². The molecule has 0 aliphatic carbocycles. The van der Waals surface area contributed by atoms with E-state index in [-0.39, 0.29) is 11.3 Å². The van der Waals surface area contributed by atoms with Gasteiger partial charge in [-0.05, 0) is 23.3 Å². The molecule has 0 spiro atoms. The van der Waals surface area contributed by atoms with Gasteiger partial charge >= 0.3 is 12.4 Å². The molecule has 0 amide bonds. The molecule has 0 N–H and O–H groups in total. The lowest BCUT2D eigenvalue weighted by Gasteiger charge is -2.30. The standard InChI is InChI=1S/C11H6ClF6OS/c12-9-6(10(13,14)15)3-5(8-1-2-20(8)19)4-7(9)11(16,17)18/h1,3-4,8H,2H2. The largest absolute Gasteiger partial charge is 0.616 e. The van der Waals surface area contributed by atoms with Crippen LogP contribution in [0, 0.1) is 6.42 Å². The van der Waals surface area contributed by atoms with Crippen LogP contribution in [-0.4, -0.2) is 10.3 Å². The third-order valence-electron chi connectivity index (χ3n) is 2.79. The van der Waals surface area contributed by atoms with Crippen molar-refractivity contribution in [2.45, 2.75) is 17.6 Å². The maximum atomic E-state index is 12.7. The second-order valence-electron chi connectivity index (χ2n) is 4.13. The molecular weight excluding hydrogens is 330 g/mol. The number of alkyl halides is 6. The summed E-state index contributed by atoms with van der Waals surface area (Å²) in [5.74, 6) is 0.149. The van der Waals surface area contributed by atoms with Gasteiger partial charge in [-0.1, -0.05) is 11.6 Å². The zero-order chi connectivity index (χ0) is 15.3. The van der Waals surface area contributed by atoms with Crippen molar-refractivity contribution >= 4 is 22.8 Å². The Morgan fingerprint density at radius 3 is 1.75 bits per heavy atom. The first kappa shape index (κ1) is 15.8. The number of hydrogen-bond donors (Lipinski definition) is 0. The topological polar surface area (TPSA) is 23.1 Å². The molecule has 111 valence electrons. The third-order valence-corrected chi connectivity index (χ3v) is 4.75. The summed E-state index contributed by atoms with van der Waals surface area (Å²) < 4.78 is 87.8. The van der Waals surface area contributed by atoms with Crippen LogP contribution < -0.4 is 0 Å². The highest BCUT2D eigenvalue weighted by atomic mass is 35.5. The summed E-state index contributed by atoms with van der Waals surface area (Å²) >= 11 is 3.74. The highest BCUT2D eigenvalue weighted by Crippen LogP contribution is 2.46. The number of hydrogen-bond acceptors (Lipinski definition) is 1. The minimum absolute atomic E-state index is 0.149. The van der Waals surface area contributed by atoms with E-state index >= 15 is 0 Å². The van der Waals surface area contributed by atoms with Gasteiger partial charge in [0.15, 0.2) is 0 Å². The molecule has 0 saturated carbocycles. The Morgan fingerprint density at radius 2 is 1.50 bits per heavy atom. The Labute approximate surface area is 118 Å². The van der Waals surface area contributed by atoms with Crippen LogP contribution in [0.25, 0.3) is 0 Å². The monoisotopic (exact) mass is 335 g/mol. The molecule has 0 bridgehead atoms. The first-order valence-electron chi connectivity index (χ1n) is 5.20. The molecule has 1 heterocycles. The average Bonchev–Trinajstić information content (AvgIpc) is 2.26. The molecule has 2 atom stereocenters. The molecule has 1 aliphatic rings. The minimum atomic E-state index is -5.02. The predicted octanol–water partition coefficient (Wildman–Crippen LogP) is 4.39. The molecule has 1 nitrogen and oxygen atoms in total. The summed E-state index contributed by atoms with van der Waals surface area (Å²) in [7, 11) is 0. The normalized spacial score (nSPS) is 23.6. The predicted molar refractivity (Wildman–Crippen MR) is 61.5 cm³/mol. The van der Waals surface area contributed by atoms with E-state index in [2.05, 4.69) is 0 Å². The van der Waals surface area contributed by atoms with Crippen LogP contribution in [0.4, 0.5) is 26.3 Å². The van der Waals surface area contributed by atoms with Crippen molar-refractivity contribution in [1.29, 1.82) is 0 Å². The summed E-state index contributed by atoms with van der Waals surface area (Å²) in [5.41, 5.74) is -3.43. The zero-order valence-electron chi connectivity index (χ0n) is 9.48. The van der Waals surface area contributed by atoms with Crippen LogP contribution >= 0.6 is 11.6 Å². The van der Waals surface area contributed by atoms with E-state index in [0.29, 0.717) is 12.1 Å². The van der Waals surface area contributed by atoms with E-state index in [1.807, 2.05) is 0 Å². The Kier molecular flexibility index (Phi) is 3.94. The molecule has 1 aliphatic heterocycles. The maximum absolute atomic E-state index is 12.7. The maximum Gasteiger partial charge on any atom is 0.417 e. The second-order valence-corrected chi connectivity index (χ2v) is 6.11. The summed E-state index contributed by atoms with van der Waals surface area (Å²) in [5, 5.41) is -2.31. The SMILES string of the molecule is [O-][S+]1C[CH]C1c1cc(C(F)(F)F)c(Cl)c(C(F)(F)F)c1. The summed E-state index contributed by atoms with van der Waals surface area (Å²) in [4.78, 5) is 0. The van der Waals surface area contributed by atoms with Crippen LogP contribution in [-0.2, 0) is 23.5 Å². The van der Waals surface area contributed by atoms with Crippen LogP contribution in [0.5, 0.6) is 0 Å². The van der Waals surface area contributed by atoms with E-state index in [1.165, 1.54) is 6.42 Å². The van der Waals surface area contributed by atoms with Gasteiger partial charge < -0.3 is 4.55 Å². The van der Waals surface area contributed by atoms with Gasteiger partial charge in [-0.25, -0.2) is 0 Å². The molecule has 1 aromatic rings. The molecule has 9 heteroatoms. The average molecular weight is 336 g/mol. The van der Waals surface area contributed by atoms with E-state index in [0.717, 1.165) is 0 Å². The molecular formula is C11H6ClF6OS. The van der Waals surface area contributed by atoms with Crippen molar-refractivity contribution in [3.05, 3.63) is 40.3 Å². The quantitative estimate of drug-likeness (QED) is 0.551. The Morgan fingerprint density at radius 1 is 1.05 bits per heavy atom. The summed E-state index contributed by atoms with van der Waals surface area (Å²) in [6, 6.07) is 1.05. The van der Waals surface area contributed by atoms with Crippen molar-refractivity contribution < 1.29 is 30.9 Å². The van der Waals surface area contributed by atoms with Gasteiger partial charge in [0.05, 0.1) is 22.6 Å². The lowest BCUT2D eigenvalue weighted by atomic mass is 10.0. The summed E-state index contributed by atoms with van der Waals surface area (Å²) in [6.45, 7) is 0. The van der Waals surface area contributed by atoms with Crippen LogP contribution in [0.2, 0.25) is 5.02 Å². The fourth-order valence-corrected chi connectivity index (χ4v) is 3.09. The van der Waals surface area contributed by atoms with E-state index < -0.39 is 44.9 Å². The van der Waals surface area contributed by atoms with Gasteiger partial charge in [0.1, 0.15) is 11.0 Å². The Balaban J connectivity index is 2.60. The molecule has 1 radical (unpaired) electrons. The highest BCUT2D eigenvalue weighted by molar-refractivity contribution is 7.93. The Bertz CT molecular complexity index is 492. The van der Waals surface area contributed by atoms with Gasteiger partial charge in [0.2, 0.25) is 0 Å². The smallest absolute Gasteiger partial charge is 0.417 e. The van der Waals surface area contributed by atoms with E-state index in [1.54, 1.807) is 0 Å². The lowest BCUT2D eigenvalue weighted by Crippen LogP contribution is -2.30. The molecule has 2 unspecified atom stereocenters. The number of rotatable bonds is 1. The number of halogens is 7. The first-order chi connectivity index (χ1) is 9.01.